The second kappa shape index (κ2) is 13.1. The Bertz CT molecular complexity index is 575. The van der Waals surface area contributed by atoms with Crippen LogP contribution >= 0.6 is 12.2 Å². The second-order valence-corrected chi connectivity index (χ2v) is 6.15. The number of benzene rings is 1. The van der Waals surface area contributed by atoms with E-state index >= 15 is 0 Å². The molecule has 7 heteroatoms. The van der Waals surface area contributed by atoms with E-state index in [1.54, 1.807) is 6.92 Å². The van der Waals surface area contributed by atoms with Crippen molar-refractivity contribution in [2.75, 3.05) is 18.5 Å². The number of unbranched alkanes of at least 4 members (excludes halogenated alkanes) is 3. The van der Waals surface area contributed by atoms with Crippen LogP contribution in [0.1, 0.15) is 52.4 Å². The molecule has 1 rings (SSSR count). The van der Waals surface area contributed by atoms with Crippen molar-refractivity contribution in [2.45, 2.75) is 52.4 Å². The van der Waals surface area contributed by atoms with Crippen LogP contribution in [0, 0.1) is 0 Å². The molecular formula is C19H28N2O4S. The van der Waals surface area contributed by atoms with Crippen molar-refractivity contribution in [2.24, 2.45) is 0 Å². The quantitative estimate of drug-likeness (QED) is 0.345. The number of anilines is 1. The van der Waals surface area contributed by atoms with Gasteiger partial charge in [0, 0.05) is 12.1 Å². The summed E-state index contributed by atoms with van der Waals surface area (Å²) in [6.45, 7) is 4.92. The lowest BCUT2D eigenvalue weighted by molar-refractivity contribution is -0.144. The normalized spacial score (nSPS) is 10.1. The van der Waals surface area contributed by atoms with Gasteiger partial charge in [0.2, 0.25) is 5.91 Å². The van der Waals surface area contributed by atoms with Crippen LogP contribution in [-0.2, 0) is 14.3 Å². The Kier molecular flexibility index (Phi) is 11.0. The molecule has 0 bridgehead atoms. The predicted octanol–water partition coefficient (Wildman–Crippen LogP) is 3.80. The van der Waals surface area contributed by atoms with Gasteiger partial charge in [-0.1, -0.05) is 26.2 Å². The maximum Gasteiger partial charge on any atom is 0.306 e. The van der Waals surface area contributed by atoms with Gasteiger partial charge in [0.1, 0.15) is 5.75 Å². The standard InChI is InChI=1S/C19H28N2O4S/c1-3-5-6-7-14-25-16-10-8-15(9-11-16)20-19(26)21-17(22)12-13-18(23)24-4-2/h8-11H,3-7,12-14H2,1-2H3,(H2,20,21,22,26). The Hall–Kier alpha value is -2.15. The van der Waals surface area contributed by atoms with Crippen molar-refractivity contribution in [3.8, 4) is 5.75 Å². The molecule has 0 spiro atoms. The van der Waals surface area contributed by atoms with Gasteiger partial charge in [-0.15, -0.1) is 0 Å². The molecule has 0 aliphatic carbocycles. The highest BCUT2D eigenvalue weighted by Crippen LogP contribution is 2.16. The zero-order valence-corrected chi connectivity index (χ0v) is 16.3. The molecule has 2 N–H and O–H groups in total. The Morgan fingerprint density at radius 1 is 1.04 bits per heavy atom. The molecule has 6 nitrogen and oxygen atoms in total. The smallest absolute Gasteiger partial charge is 0.306 e. The average Bonchev–Trinajstić information content (AvgIpc) is 2.61. The van der Waals surface area contributed by atoms with Crippen molar-refractivity contribution >= 4 is 34.9 Å². The molecule has 0 saturated carbocycles. The third kappa shape index (κ3) is 9.98. The predicted molar refractivity (Wildman–Crippen MR) is 106 cm³/mol. The summed E-state index contributed by atoms with van der Waals surface area (Å²) in [5.41, 5.74) is 0.749. The van der Waals surface area contributed by atoms with Gasteiger partial charge in [0.25, 0.3) is 0 Å². The van der Waals surface area contributed by atoms with E-state index in [4.69, 9.17) is 21.7 Å². The van der Waals surface area contributed by atoms with Crippen molar-refractivity contribution in [1.82, 2.24) is 5.32 Å². The van der Waals surface area contributed by atoms with E-state index < -0.39 is 5.97 Å². The van der Waals surface area contributed by atoms with Gasteiger partial charge in [0.05, 0.1) is 19.6 Å². The van der Waals surface area contributed by atoms with Crippen LogP contribution in [-0.4, -0.2) is 30.2 Å². The lowest BCUT2D eigenvalue weighted by atomic mass is 10.2. The second-order valence-electron chi connectivity index (χ2n) is 5.74. The summed E-state index contributed by atoms with van der Waals surface area (Å²) >= 11 is 5.10. The number of ether oxygens (including phenoxy) is 2. The molecule has 0 fully saturated rings. The summed E-state index contributed by atoms with van der Waals surface area (Å²) in [7, 11) is 0. The molecule has 1 amide bonds. The molecule has 0 aromatic heterocycles. The van der Waals surface area contributed by atoms with Crippen LogP contribution < -0.4 is 15.4 Å². The minimum Gasteiger partial charge on any atom is -0.494 e. The minimum atomic E-state index is -0.396. The van der Waals surface area contributed by atoms with Crippen LogP contribution in [0.25, 0.3) is 0 Å². The molecule has 144 valence electrons. The highest BCUT2D eigenvalue weighted by molar-refractivity contribution is 7.80. The number of carbonyl (C=O) groups is 2. The molecule has 1 aromatic rings. The Balaban J connectivity index is 2.29. The number of thiocarbonyl (C=S) groups is 1. The Labute approximate surface area is 160 Å². The van der Waals surface area contributed by atoms with Gasteiger partial charge in [-0.25, -0.2) is 0 Å². The van der Waals surface area contributed by atoms with Crippen molar-refractivity contribution in [3.63, 3.8) is 0 Å². The largest absolute Gasteiger partial charge is 0.494 e. The van der Waals surface area contributed by atoms with Crippen LogP contribution in [0.5, 0.6) is 5.75 Å². The monoisotopic (exact) mass is 380 g/mol. The van der Waals surface area contributed by atoms with Crippen LogP contribution in [0.15, 0.2) is 24.3 Å². The third-order valence-corrected chi connectivity index (χ3v) is 3.70. The first-order chi connectivity index (χ1) is 12.5. The highest BCUT2D eigenvalue weighted by atomic mass is 32.1. The summed E-state index contributed by atoms with van der Waals surface area (Å²) in [6, 6.07) is 7.37. The van der Waals surface area contributed by atoms with E-state index in [-0.39, 0.29) is 23.9 Å². The van der Waals surface area contributed by atoms with Gasteiger partial charge < -0.3 is 20.1 Å². The molecule has 0 saturated heterocycles. The van der Waals surface area contributed by atoms with Gasteiger partial charge in [0.15, 0.2) is 5.11 Å². The molecule has 0 heterocycles. The fraction of sp³-hybridized carbons (Fsp3) is 0.526. The van der Waals surface area contributed by atoms with E-state index in [1.165, 1.54) is 19.3 Å². The summed E-state index contributed by atoms with van der Waals surface area (Å²) in [5, 5.41) is 5.65. The van der Waals surface area contributed by atoms with Crippen LogP contribution in [0.3, 0.4) is 0 Å². The van der Waals surface area contributed by atoms with E-state index in [1.807, 2.05) is 24.3 Å². The lowest BCUT2D eigenvalue weighted by Gasteiger charge is -2.11. The molecule has 26 heavy (non-hydrogen) atoms. The average molecular weight is 381 g/mol. The zero-order valence-electron chi connectivity index (χ0n) is 15.5. The zero-order chi connectivity index (χ0) is 19.2. The first-order valence-electron chi connectivity index (χ1n) is 9.04. The van der Waals surface area contributed by atoms with E-state index in [0.29, 0.717) is 13.2 Å². The first kappa shape index (κ1) is 21.9. The van der Waals surface area contributed by atoms with Gasteiger partial charge in [-0.2, -0.15) is 0 Å². The first-order valence-corrected chi connectivity index (χ1v) is 9.45. The molecular weight excluding hydrogens is 352 g/mol. The van der Waals surface area contributed by atoms with Crippen molar-refractivity contribution in [3.05, 3.63) is 24.3 Å². The van der Waals surface area contributed by atoms with E-state index in [0.717, 1.165) is 17.9 Å². The van der Waals surface area contributed by atoms with Gasteiger partial charge in [-0.3, -0.25) is 9.59 Å². The van der Waals surface area contributed by atoms with Gasteiger partial charge >= 0.3 is 5.97 Å². The molecule has 0 radical (unpaired) electrons. The number of rotatable bonds is 11. The number of hydrogen-bond acceptors (Lipinski definition) is 5. The van der Waals surface area contributed by atoms with Gasteiger partial charge in [-0.05, 0) is 49.8 Å². The van der Waals surface area contributed by atoms with E-state index in [2.05, 4.69) is 17.6 Å². The Morgan fingerprint density at radius 2 is 1.77 bits per heavy atom. The number of hydrogen-bond donors (Lipinski definition) is 2. The fourth-order valence-electron chi connectivity index (χ4n) is 2.15. The van der Waals surface area contributed by atoms with Crippen molar-refractivity contribution in [1.29, 1.82) is 0 Å². The summed E-state index contributed by atoms with van der Waals surface area (Å²) in [6.07, 6.45) is 4.74. The number of carbonyl (C=O) groups excluding carboxylic acids is 2. The maximum absolute atomic E-state index is 11.7. The topological polar surface area (TPSA) is 76.7 Å². The van der Waals surface area contributed by atoms with E-state index in [9.17, 15) is 9.59 Å². The lowest BCUT2D eigenvalue weighted by Crippen LogP contribution is -2.34. The summed E-state index contributed by atoms with van der Waals surface area (Å²) in [4.78, 5) is 23.0. The summed E-state index contributed by atoms with van der Waals surface area (Å²) < 4.78 is 10.4. The third-order valence-electron chi connectivity index (χ3n) is 3.49. The number of amides is 1. The maximum atomic E-state index is 11.7. The molecule has 0 atom stereocenters. The van der Waals surface area contributed by atoms with Crippen LogP contribution in [0.4, 0.5) is 5.69 Å². The minimum absolute atomic E-state index is 0.0332. The summed E-state index contributed by atoms with van der Waals surface area (Å²) in [5.74, 6) is 0.0748. The molecule has 1 aromatic carbocycles. The SMILES string of the molecule is CCCCCCOc1ccc(NC(=S)NC(=O)CCC(=O)OCC)cc1. The van der Waals surface area contributed by atoms with Crippen molar-refractivity contribution < 1.29 is 19.1 Å². The number of nitrogens with one attached hydrogen (secondary N) is 2. The highest BCUT2D eigenvalue weighted by Gasteiger charge is 2.09. The Morgan fingerprint density at radius 3 is 2.42 bits per heavy atom. The molecule has 0 unspecified atom stereocenters. The molecule has 0 aliphatic rings. The molecule has 0 aliphatic heterocycles. The number of esters is 1. The fourth-order valence-corrected chi connectivity index (χ4v) is 2.39. The van der Waals surface area contributed by atoms with Crippen LogP contribution in [0.2, 0.25) is 0 Å².